The number of benzene rings is 2. The fourth-order valence-electron chi connectivity index (χ4n) is 3.68. The van der Waals surface area contributed by atoms with Gasteiger partial charge in [0.15, 0.2) is 0 Å². The fourth-order valence-corrected chi connectivity index (χ4v) is 3.86. The van der Waals surface area contributed by atoms with Gasteiger partial charge in [-0.1, -0.05) is 29.8 Å². The van der Waals surface area contributed by atoms with Crippen molar-refractivity contribution in [1.29, 1.82) is 0 Å². The van der Waals surface area contributed by atoms with Crippen molar-refractivity contribution in [2.75, 3.05) is 19.7 Å². The Morgan fingerprint density at radius 3 is 2.52 bits per heavy atom. The molecule has 0 amide bonds. The number of piperidine rings is 1. The third kappa shape index (κ3) is 6.00. The van der Waals surface area contributed by atoms with Gasteiger partial charge in [-0.25, -0.2) is 4.98 Å². The van der Waals surface area contributed by atoms with Crippen molar-refractivity contribution in [3.63, 3.8) is 0 Å². The average molecular weight is 442 g/mol. The number of aromatic nitrogens is 2. The van der Waals surface area contributed by atoms with Crippen molar-refractivity contribution in [2.24, 2.45) is 7.05 Å². The van der Waals surface area contributed by atoms with E-state index in [1.807, 2.05) is 42.1 Å². The van der Waals surface area contributed by atoms with Gasteiger partial charge >= 0.3 is 0 Å². The van der Waals surface area contributed by atoms with Gasteiger partial charge in [0, 0.05) is 44.1 Å². The number of rotatable bonds is 8. The van der Waals surface area contributed by atoms with Crippen LogP contribution in [0.4, 0.5) is 0 Å². The van der Waals surface area contributed by atoms with E-state index in [1.165, 1.54) is 5.56 Å². The van der Waals surface area contributed by atoms with E-state index in [-0.39, 0.29) is 6.61 Å². The molecule has 0 atom stereocenters. The van der Waals surface area contributed by atoms with Crippen molar-refractivity contribution < 1.29 is 14.6 Å². The van der Waals surface area contributed by atoms with Gasteiger partial charge in [0.1, 0.15) is 36.1 Å². The third-order valence-electron chi connectivity index (χ3n) is 5.71. The van der Waals surface area contributed by atoms with E-state index >= 15 is 0 Å². The molecule has 0 aliphatic carbocycles. The van der Waals surface area contributed by atoms with Crippen LogP contribution in [0.25, 0.3) is 0 Å². The number of likely N-dealkylation sites (tertiary alicyclic amines) is 1. The molecule has 0 radical (unpaired) electrons. The summed E-state index contributed by atoms with van der Waals surface area (Å²) < 4.78 is 13.6. The van der Waals surface area contributed by atoms with Gasteiger partial charge in [-0.3, -0.25) is 4.90 Å². The van der Waals surface area contributed by atoms with Crippen LogP contribution >= 0.6 is 11.6 Å². The second kappa shape index (κ2) is 9.73. The van der Waals surface area contributed by atoms with E-state index in [4.69, 9.17) is 21.1 Å². The van der Waals surface area contributed by atoms with Crippen molar-refractivity contribution in [3.05, 3.63) is 77.3 Å². The average Bonchev–Trinajstić information content (AvgIpc) is 3.19. The minimum absolute atomic E-state index is 0.281. The van der Waals surface area contributed by atoms with Crippen LogP contribution in [0.1, 0.15) is 24.2 Å². The van der Waals surface area contributed by atoms with Crippen molar-refractivity contribution in [1.82, 2.24) is 14.5 Å². The predicted octanol–water partition coefficient (Wildman–Crippen LogP) is 4.06. The predicted molar refractivity (Wildman–Crippen MR) is 120 cm³/mol. The quantitative estimate of drug-likeness (QED) is 0.571. The zero-order valence-corrected chi connectivity index (χ0v) is 18.5. The molecule has 2 aromatic carbocycles. The Labute approximate surface area is 188 Å². The first-order valence-electron chi connectivity index (χ1n) is 10.5. The Morgan fingerprint density at radius 1 is 1.06 bits per heavy atom. The molecule has 6 nitrogen and oxygen atoms in total. The van der Waals surface area contributed by atoms with Crippen molar-refractivity contribution >= 4 is 11.6 Å². The first-order chi connectivity index (χ1) is 15.0. The van der Waals surface area contributed by atoms with Gasteiger partial charge in [-0.15, -0.1) is 0 Å². The van der Waals surface area contributed by atoms with Crippen LogP contribution in [0.5, 0.6) is 11.5 Å². The molecule has 1 aliphatic heterocycles. The fraction of sp³-hybridized carbons (Fsp3) is 0.375. The molecule has 0 saturated carbocycles. The number of aliphatic hydroxyl groups is 1. The highest BCUT2D eigenvalue weighted by Crippen LogP contribution is 2.26. The molecule has 4 rings (SSSR count). The van der Waals surface area contributed by atoms with Crippen LogP contribution in [0.15, 0.2) is 60.9 Å². The number of halogens is 1. The molecule has 1 aliphatic rings. The molecule has 7 heteroatoms. The summed E-state index contributed by atoms with van der Waals surface area (Å²) in [6.07, 6.45) is 5.03. The maximum absolute atomic E-state index is 10.9. The lowest BCUT2D eigenvalue weighted by atomic mass is 9.92. The molecule has 0 spiro atoms. The van der Waals surface area contributed by atoms with E-state index in [0.29, 0.717) is 30.2 Å². The summed E-state index contributed by atoms with van der Waals surface area (Å²) >= 11 is 5.99. The molecule has 3 aromatic rings. The summed E-state index contributed by atoms with van der Waals surface area (Å²) in [6, 6.07) is 15.5. The normalized spacial score (nSPS) is 16.2. The maximum atomic E-state index is 10.9. The topological polar surface area (TPSA) is 59.8 Å². The highest BCUT2D eigenvalue weighted by atomic mass is 35.5. The van der Waals surface area contributed by atoms with Gasteiger partial charge in [0.2, 0.25) is 0 Å². The molecule has 164 valence electrons. The van der Waals surface area contributed by atoms with Gasteiger partial charge in [-0.2, -0.15) is 0 Å². The van der Waals surface area contributed by atoms with Gasteiger partial charge in [-0.05, 0) is 48.7 Å². The van der Waals surface area contributed by atoms with Crippen LogP contribution < -0.4 is 9.47 Å². The number of ether oxygens (including phenoxy) is 2. The zero-order chi connectivity index (χ0) is 21.7. The lowest BCUT2D eigenvalue weighted by Crippen LogP contribution is -2.47. The molecular weight excluding hydrogens is 414 g/mol. The summed E-state index contributed by atoms with van der Waals surface area (Å²) in [6.45, 7) is 3.23. The lowest BCUT2D eigenvalue weighted by Gasteiger charge is -2.38. The first-order valence-corrected chi connectivity index (χ1v) is 10.9. The monoisotopic (exact) mass is 441 g/mol. The second-order valence-corrected chi connectivity index (χ2v) is 8.57. The first kappa shape index (κ1) is 21.7. The zero-order valence-electron chi connectivity index (χ0n) is 17.7. The smallest absolute Gasteiger partial charge is 0.146 e. The highest BCUT2D eigenvalue weighted by Gasteiger charge is 2.33. The molecule has 1 aromatic heterocycles. The summed E-state index contributed by atoms with van der Waals surface area (Å²) in [5, 5.41) is 11.5. The van der Waals surface area contributed by atoms with Crippen LogP contribution in [-0.2, 0) is 20.2 Å². The number of imidazole rings is 1. The molecule has 0 unspecified atom stereocenters. The minimum atomic E-state index is -0.804. The van der Waals surface area contributed by atoms with Gasteiger partial charge in [0.25, 0.3) is 0 Å². The van der Waals surface area contributed by atoms with Crippen molar-refractivity contribution in [3.8, 4) is 11.5 Å². The summed E-state index contributed by atoms with van der Waals surface area (Å²) in [7, 11) is 1.96. The van der Waals surface area contributed by atoms with E-state index in [2.05, 4.69) is 22.0 Å². The Hall–Kier alpha value is -2.54. The lowest BCUT2D eigenvalue weighted by molar-refractivity contribution is -0.0537. The Kier molecular flexibility index (Phi) is 6.80. The highest BCUT2D eigenvalue weighted by molar-refractivity contribution is 6.30. The molecule has 0 bridgehead atoms. The van der Waals surface area contributed by atoms with Crippen LogP contribution in [0.2, 0.25) is 5.02 Å². The number of aryl methyl sites for hydroxylation is 1. The minimum Gasteiger partial charge on any atom is -0.491 e. The number of hydrogen-bond acceptors (Lipinski definition) is 5. The summed E-state index contributed by atoms with van der Waals surface area (Å²) in [5.41, 5.74) is 0.423. The summed E-state index contributed by atoms with van der Waals surface area (Å²) in [5.74, 6) is 2.41. The van der Waals surface area contributed by atoms with Crippen molar-refractivity contribution in [2.45, 2.75) is 31.6 Å². The molecule has 31 heavy (non-hydrogen) atoms. The summed E-state index contributed by atoms with van der Waals surface area (Å²) in [4.78, 5) is 6.63. The Morgan fingerprint density at radius 2 is 1.84 bits per heavy atom. The number of nitrogens with zero attached hydrogens (tertiary/aromatic N) is 3. The SMILES string of the molecule is Cn1ccnc1COc1ccc(CN2CCC(O)(COc3cccc(Cl)c3)CC2)cc1. The largest absolute Gasteiger partial charge is 0.491 e. The molecular formula is C24H28ClN3O3. The van der Waals surface area contributed by atoms with Crippen LogP contribution in [0.3, 0.4) is 0 Å². The van der Waals surface area contributed by atoms with E-state index < -0.39 is 5.60 Å². The third-order valence-corrected chi connectivity index (χ3v) is 5.94. The molecule has 1 fully saturated rings. The molecule has 2 heterocycles. The van der Waals surface area contributed by atoms with Crippen LogP contribution in [0, 0.1) is 0 Å². The number of hydrogen-bond donors (Lipinski definition) is 1. The standard InChI is InChI=1S/C24H28ClN3O3/c1-27-14-11-26-23(27)17-30-21-7-5-19(6-8-21)16-28-12-9-24(29,10-13-28)18-31-22-4-2-3-20(25)15-22/h2-8,11,14-15,29H,9-10,12-13,16-18H2,1H3. The van der Waals surface area contributed by atoms with E-state index in [9.17, 15) is 5.11 Å². The van der Waals surface area contributed by atoms with E-state index in [0.717, 1.165) is 31.2 Å². The second-order valence-electron chi connectivity index (χ2n) is 8.13. The Bertz CT molecular complexity index is 982. The van der Waals surface area contributed by atoms with E-state index in [1.54, 1.807) is 18.3 Å². The molecule has 1 saturated heterocycles. The molecule has 1 N–H and O–H groups in total. The van der Waals surface area contributed by atoms with Crippen LogP contribution in [-0.4, -0.2) is 44.9 Å². The van der Waals surface area contributed by atoms with Gasteiger partial charge < -0.3 is 19.1 Å². The van der Waals surface area contributed by atoms with Gasteiger partial charge in [0.05, 0.1) is 0 Å². The Balaban J connectivity index is 1.22. The maximum Gasteiger partial charge on any atom is 0.146 e.